The smallest absolute Gasteiger partial charge is 0.194 e. The molecule has 1 saturated heterocycles. The highest BCUT2D eigenvalue weighted by molar-refractivity contribution is 7.13. The van der Waals surface area contributed by atoms with E-state index in [1.807, 2.05) is 19.0 Å². The lowest BCUT2D eigenvalue weighted by molar-refractivity contribution is 0.151. The predicted octanol–water partition coefficient (Wildman–Crippen LogP) is 2.55. The summed E-state index contributed by atoms with van der Waals surface area (Å²) in [4.78, 5) is 13.9. The molecule has 5 nitrogen and oxygen atoms in total. The van der Waals surface area contributed by atoms with Crippen LogP contribution >= 0.6 is 11.3 Å². The van der Waals surface area contributed by atoms with Crippen LogP contribution in [0, 0.1) is 5.41 Å². The Balaban J connectivity index is 1.64. The molecule has 22 heavy (non-hydrogen) atoms. The average Bonchev–Trinajstić information content (AvgIpc) is 3.09. The van der Waals surface area contributed by atoms with E-state index in [0.717, 1.165) is 29.9 Å². The van der Waals surface area contributed by atoms with Crippen molar-refractivity contribution in [1.82, 2.24) is 15.2 Å². The second-order valence-electron chi connectivity index (χ2n) is 6.71. The molecule has 0 amide bonds. The fraction of sp³-hybridized carbons (Fsp3) is 0.750. The Morgan fingerprint density at radius 3 is 2.82 bits per heavy atom. The van der Waals surface area contributed by atoms with Gasteiger partial charge in [0.2, 0.25) is 0 Å². The highest BCUT2D eigenvalue weighted by Crippen LogP contribution is 2.47. The molecule has 1 N–H and O–H groups in total. The van der Waals surface area contributed by atoms with Crippen LogP contribution in [0.4, 0.5) is 5.13 Å². The monoisotopic (exact) mass is 321 g/mol. The van der Waals surface area contributed by atoms with Crippen molar-refractivity contribution in [1.29, 1.82) is 0 Å². The van der Waals surface area contributed by atoms with Crippen molar-refractivity contribution in [3.8, 4) is 0 Å². The molecule has 3 rings (SSSR count). The van der Waals surface area contributed by atoms with Gasteiger partial charge in [-0.3, -0.25) is 0 Å². The number of rotatable bonds is 4. The van der Waals surface area contributed by atoms with Crippen molar-refractivity contribution in [3.05, 3.63) is 11.1 Å². The molecule has 1 saturated carbocycles. The van der Waals surface area contributed by atoms with Crippen LogP contribution < -0.4 is 10.2 Å². The van der Waals surface area contributed by atoms with Crippen molar-refractivity contribution >= 4 is 22.4 Å². The first-order valence-electron chi connectivity index (χ1n) is 8.27. The van der Waals surface area contributed by atoms with Gasteiger partial charge < -0.3 is 15.1 Å². The molecule has 1 aromatic rings. The zero-order valence-electron chi connectivity index (χ0n) is 13.9. The number of aromatic nitrogens is 1. The minimum absolute atomic E-state index is 0.606. The lowest BCUT2D eigenvalue weighted by atomic mass is 9.68. The van der Waals surface area contributed by atoms with Gasteiger partial charge in [-0.25, -0.2) is 9.98 Å². The Morgan fingerprint density at radius 2 is 2.27 bits per heavy atom. The van der Waals surface area contributed by atoms with E-state index in [2.05, 4.69) is 27.5 Å². The van der Waals surface area contributed by atoms with Crippen LogP contribution in [0.5, 0.6) is 0 Å². The summed E-state index contributed by atoms with van der Waals surface area (Å²) < 4.78 is 0. The fourth-order valence-electron chi connectivity index (χ4n) is 3.36. The van der Waals surface area contributed by atoms with Gasteiger partial charge in [-0.05, 0) is 31.6 Å². The number of likely N-dealkylation sites (tertiary alicyclic amines) is 1. The lowest BCUT2D eigenvalue weighted by Gasteiger charge is -2.38. The number of nitrogens with one attached hydrogen (secondary N) is 1. The number of nitrogens with zero attached hydrogens (tertiary/aromatic N) is 4. The van der Waals surface area contributed by atoms with E-state index in [-0.39, 0.29) is 0 Å². The molecular weight excluding hydrogens is 294 g/mol. The molecule has 0 atom stereocenters. The Morgan fingerprint density at radius 1 is 1.45 bits per heavy atom. The minimum atomic E-state index is 0.606. The van der Waals surface area contributed by atoms with Crippen LogP contribution in [-0.4, -0.2) is 49.6 Å². The van der Waals surface area contributed by atoms with Crippen LogP contribution in [0.1, 0.15) is 38.3 Å². The Hall–Kier alpha value is -1.30. The number of anilines is 1. The summed E-state index contributed by atoms with van der Waals surface area (Å²) >= 11 is 1.68. The Kier molecular flexibility index (Phi) is 4.57. The maximum absolute atomic E-state index is 4.82. The van der Waals surface area contributed by atoms with Crippen molar-refractivity contribution in [2.75, 3.05) is 38.6 Å². The van der Waals surface area contributed by atoms with Crippen LogP contribution in [0.3, 0.4) is 0 Å². The van der Waals surface area contributed by atoms with E-state index in [0.29, 0.717) is 12.0 Å². The molecule has 2 aliphatic rings. The van der Waals surface area contributed by atoms with Crippen LogP contribution in [0.15, 0.2) is 10.4 Å². The maximum atomic E-state index is 4.82. The summed E-state index contributed by atoms with van der Waals surface area (Å²) in [5, 5.41) is 6.61. The van der Waals surface area contributed by atoms with E-state index < -0.39 is 0 Å². The molecule has 0 bridgehead atoms. The van der Waals surface area contributed by atoms with E-state index >= 15 is 0 Å². The van der Waals surface area contributed by atoms with Crippen molar-refractivity contribution < 1.29 is 0 Å². The Labute approximate surface area is 137 Å². The molecule has 0 unspecified atom stereocenters. The third kappa shape index (κ3) is 3.21. The molecule has 0 radical (unpaired) electrons. The minimum Gasteiger partial charge on any atom is -0.357 e. The highest BCUT2D eigenvalue weighted by Gasteiger charge is 2.43. The summed E-state index contributed by atoms with van der Waals surface area (Å²) in [6.07, 6.45) is 5.55. The summed E-state index contributed by atoms with van der Waals surface area (Å²) in [5.74, 6) is 1.06. The molecule has 6 heteroatoms. The molecular formula is C16H27N5S. The van der Waals surface area contributed by atoms with Gasteiger partial charge in [0, 0.05) is 39.1 Å². The summed E-state index contributed by atoms with van der Waals surface area (Å²) in [6.45, 7) is 6.04. The quantitative estimate of drug-likeness (QED) is 0.684. The number of aliphatic imine (C=N–C) groups is 1. The topological polar surface area (TPSA) is 43.8 Å². The normalized spacial score (nSPS) is 20.3. The zero-order chi connectivity index (χ0) is 15.6. The first-order chi connectivity index (χ1) is 10.6. The third-order valence-corrected chi connectivity index (χ3v) is 5.86. The standard InChI is InChI=1S/C16H27N5S/c1-4-17-14(21-9-8-16(12-21)6-5-7-16)18-10-13-11-22-15(19-13)20(2)3/h11H,4-10,12H2,1-3H3,(H,17,18). The summed E-state index contributed by atoms with van der Waals surface area (Å²) in [6, 6.07) is 0. The SMILES string of the molecule is CCNC(=NCc1csc(N(C)C)n1)N1CCC2(CCC2)C1. The van der Waals surface area contributed by atoms with Gasteiger partial charge in [-0.1, -0.05) is 6.42 Å². The average molecular weight is 321 g/mol. The highest BCUT2D eigenvalue weighted by atomic mass is 32.1. The molecule has 0 aromatic carbocycles. The van der Waals surface area contributed by atoms with Crippen LogP contribution in [0.2, 0.25) is 0 Å². The van der Waals surface area contributed by atoms with Gasteiger partial charge >= 0.3 is 0 Å². The van der Waals surface area contributed by atoms with Crippen molar-refractivity contribution in [2.45, 2.75) is 39.2 Å². The molecule has 1 aliphatic carbocycles. The third-order valence-electron chi connectivity index (χ3n) is 4.80. The van der Waals surface area contributed by atoms with Gasteiger partial charge in [0.1, 0.15) is 0 Å². The molecule has 1 spiro atoms. The first kappa shape index (κ1) is 15.6. The number of guanidine groups is 1. The number of hydrogen-bond acceptors (Lipinski definition) is 4. The molecule has 1 aliphatic heterocycles. The summed E-state index contributed by atoms with van der Waals surface area (Å²) in [7, 11) is 4.05. The molecule has 122 valence electrons. The zero-order valence-corrected chi connectivity index (χ0v) is 14.7. The van der Waals surface area contributed by atoms with Gasteiger partial charge in [-0.2, -0.15) is 0 Å². The fourth-order valence-corrected chi connectivity index (χ4v) is 4.11. The summed E-state index contributed by atoms with van der Waals surface area (Å²) in [5.41, 5.74) is 1.66. The molecule has 2 fully saturated rings. The second kappa shape index (κ2) is 6.44. The van der Waals surface area contributed by atoms with Crippen molar-refractivity contribution in [2.24, 2.45) is 10.4 Å². The van der Waals surface area contributed by atoms with Gasteiger partial charge in [0.15, 0.2) is 11.1 Å². The first-order valence-corrected chi connectivity index (χ1v) is 9.15. The van der Waals surface area contributed by atoms with Crippen LogP contribution in [0.25, 0.3) is 0 Å². The van der Waals surface area contributed by atoms with E-state index in [9.17, 15) is 0 Å². The number of thiazole rings is 1. The molecule has 2 heterocycles. The van der Waals surface area contributed by atoms with E-state index in [4.69, 9.17) is 4.99 Å². The van der Waals surface area contributed by atoms with E-state index in [1.165, 1.54) is 32.2 Å². The molecule has 1 aromatic heterocycles. The second-order valence-corrected chi connectivity index (χ2v) is 7.55. The number of hydrogen-bond donors (Lipinski definition) is 1. The van der Waals surface area contributed by atoms with E-state index in [1.54, 1.807) is 11.3 Å². The van der Waals surface area contributed by atoms with Gasteiger partial charge in [-0.15, -0.1) is 11.3 Å². The largest absolute Gasteiger partial charge is 0.357 e. The van der Waals surface area contributed by atoms with Gasteiger partial charge in [0.05, 0.1) is 12.2 Å². The van der Waals surface area contributed by atoms with Crippen molar-refractivity contribution in [3.63, 3.8) is 0 Å². The maximum Gasteiger partial charge on any atom is 0.194 e. The van der Waals surface area contributed by atoms with Gasteiger partial charge in [0.25, 0.3) is 0 Å². The predicted molar refractivity (Wildman–Crippen MR) is 93.7 cm³/mol. The Bertz CT molecular complexity index is 532. The lowest BCUT2D eigenvalue weighted by Crippen LogP contribution is -2.42. The van der Waals surface area contributed by atoms with Crippen LogP contribution in [-0.2, 0) is 6.54 Å².